The number of hydrazine groups is 1. The van der Waals surface area contributed by atoms with Gasteiger partial charge in [-0.15, -0.1) is 0 Å². The zero-order valence-electron chi connectivity index (χ0n) is 10.1. The van der Waals surface area contributed by atoms with Gasteiger partial charge >= 0.3 is 0 Å². The molecule has 0 aliphatic heterocycles. The van der Waals surface area contributed by atoms with Crippen molar-refractivity contribution in [2.45, 2.75) is 19.6 Å². The zero-order valence-corrected chi connectivity index (χ0v) is 10.1. The molecule has 0 aliphatic rings. The molecule has 4 N–H and O–H groups in total. The third-order valence-corrected chi connectivity index (χ3v) is 2.30. The molecular formula is C9H25N5. The van der Waals surface area contributed by atoms with Crippen molar-refractivity contribution >= 4 is 0 Å². The fourth-order valence-corrected chi connectivity index (χ4v) is 1.36. The van der Waals surface area contributed by atoms with Crippen LogP contribution < -0.4 is 16.4 Å². The predicted molar refractivity (Wildman–Crippen MR) is 60.6 cm³/mol. The highest BCUT2D eigenvalue weighted by Gasteiger charge is 2.24. The van der Waals surface area contributed by atoms with Gasteiger partial charge in [0.15, 0.2) is 0 Å². The molecule has 0 aromatic rings. The van der Waals surface area contributed by atoms with Crippen LogP contribution in [-0.4, -0.2) is 56.6 Å². The summed E-state index contributed by atoms with van der Waals surface area (Å²) < 4.78 is 0. The Labute approximate surface area is 87.6 Å². The molecule has 0 spiro atoms. The van der Waals surface area contributed by atoms with Gasteiger partial charge in [-0.3, -0.25) is 16.4 Å². The minimum absolute atomic E-state index is 0.519. The molecule has 0 heterocycles. The fourth-order valence-electron chi connectivity index (χ4n) is 1.36. The van der Waals surface area contributed by atoms with E-state index in [4.69, 9.17) is 5.73 Å². The molecule has 0 fully saturated rings. The van der Waals surface area contributed by atoms with Gasteiger partial charge in [0, 0.05) is 20.6 Å². The quantitative estimate of drug-likeness (QED) is 0.375. The molecule has 5 nitrogen and oxygen atoms in total. The van der Waals surface area contributed by atoms with Crippen LogP contribution in [0, 0.1) is 0 Å². The Bertz CT molecular complexity index is 150. The van der Waals surface area contributed by atoms with Crippen molar-refractivity contribution in [3.05, 3.63) is 0 Å². The van der Waals surface area contributed by atoms with Gasteiger partial charge in [-0.2, -0.15) is 0 Å². The number of nitrogens with one attached hydrogen (secondary N) is 2. The summed E-state index contributed by atoms with van der Waals surface area (Å²) in [6.45, 7) is 6.69. The van der Waals surface area contributed by atoms with Gasteiger partial charge in [-0.05, 0) is 13.6 Å². The van der Waals surface area contributed by atoms with Crippen molar-refractivity contribution in [2.24, 2.45) is 5.73 Å². The lowest BCUT2D eigenvalue weighted by Gasteiger charge is -2.38. The second kappa shape index (κ2) is 6.31. The average molecular weight is 203 g/mol. The van der Waals surface area contributed by atoms with Gasteiger partial charge < -0.3 is 0 Å². The molecule has 0 saturated heterocycles. The summed E-state index contributed by atoms with van der Waals surface area (Å²) >= 11 is 0. The number of hydrogen-bond acceptors (Lipinski definition) is 5. The Kier molecular flexibility index (Phi) is 6.22. The summed E-state index contributed by atoms with van der Waals surface area (Å²) in [6.07, 6.45) is 0. The van der Waals surface area contributed by atoms with Crippen LogP contribution in [0.1, 0.15) is 13.8 Å². The molecule has 0 amide bonds. The van der Waals surface area contributed by atoms with Crippen LogP contribution in [0.5, 0.6) is 0 Å². The molecule has 0 aromatic heterocycles. The number of nitrogens with zero attached hydrogens (tertiary/aromatic N) is 2. The molecule has 0 aromatic carbocycles. The SMILES string of the molecule is CCNC(N)(CN(CC)N(C)C)NC. The average Bonchev–Trinajstić information content (AvgIpc) is 2.14. The first-order valence-corrected chi connectivity index (χ1v) is 5.14. The van der Waals surface area contributed by atoms with Gasteiger partial charge in [0.05, 0.1) is 6.54 Å². The molecule has 0 rings (SSSR count). The number of nitrogens with two attached hydrogens (primary N) is 1. The van der Waals surface area contributed by atoms with Crippen LogP contribution in [-0.2, 0) is 0 Å². The highest BCUT2D eigenvalue weighted by atomic mass is 15.6. The monoisotopic (exact) mass is 203 g/mol. The van der Waals surface area contributed by atoms with Crippen LogP contribution >= 0.6 is 0 Å². The number of rotatable bonds is 7. The number of hydrogen-bond donors (Lipinski definition) is 3. The number of likely N-dealkylation sites (N-methyl/N-ethyl adjacent to an activating group) is 3. The lowest BCUT2D eigenvalue weighted by atomic mass is 10.3. The largest absolute Gasteiger partial charge is 0.300 e. The lowest BCUT2D eigenvalue weighted by Crippen LogP contribution is -2.69. The Morgan fingerprint density at radius 2 is 1.86 bits per heavy atom. The van der Waals surface area contributed by atoms with Crippen molar-refractivity contribution in [3.8, 4) is 0 Å². The molecule has 1 unspecified atom stereocenters. The van der Waals surface area contributed by atoms with Crippen LogP contribution in [0.15, 0.2) is 0 Å². The molecular weight excluding hydrogens is 178 g/mol. The van der Waals surface area contributed by atoms with E-state index in [2.05, 4.69) is 27.6 Å². The minimum Gasteiger partial charge on any atom is -0.300 e. The standard InChI is InChI=1S/C9H25N5/c1-6-12-9(10,11-3)8-14(7-2)13(4)5/h11-12H,6-8,10H2,1-5H3. The molecule has 5 heteroatoms. The third kappa shape index (κ3) is 4.34. The van der Waals surface area contributed by atoms with Crippen LogP contribution in [0.25, 0.3) is 0 Å². The first kappa shape index (κ1) is 13.8. The zero-order chi connectivity index (χ0) is 11.2. The van der Waals surface area contributed by atoms with Gasteiger partial charge in [0.25, 0.3) is 0 Å². The summed E-state index contributed by atoms with van der Waals surface area (Å²) in [5.74, 6) is -0.519. The molecule has 0 radical (unpaired) electrons. The lowest BCUT2D eigenvalue weighted by molar-refractivity contribution is -0.00324. The van der Waals surface area contributed by atoms with E-state index in [1.54, 1.807) is 0 Å². The molecule has 86 valence electrons. The summed E-state index contributed by atoms with van der Waals surface area (Å²) in [6, 6.07) is 0. The summed E-state index contributed by atoms with van der Waals surface area (Å²) in [7, 11) is 5.91. The third-order valence-electron chi connectivity index (χ3n) is 2.30. The molecule has 0 saturated carbocycles. The van der Waals surface area contributed by atoms with Crippen molar-refractivity contribution in [1.29, 1.82) is 0 Å². The van der Waals surface area contributed by atoms with Gasteiger partial charge in [-0.1, -0.05) is 13.8 Å². The highest BCUT2D eigenvalue weighted by Crippen LogP contribution is 1.98. The maximum Gasteiger partial charge on any atom is 0.135 e. The predicted octanol–water partition coefficient (Wildman–Crippen LogP) is -0.774. The van der Waals surface area contributed by atoms with Gasteiger partial charge in [-0.25, -0.2) is 10.0 Å². The molecule has 0 bridgehead atoms. The summed E-state index contributed by atoms with van der Waals surface area (Å²) in [5.41, 5.74) is 6.13. The normalized spacial score (nSPS) is 16.3. The second-order valence-electron chi connectivity index (χ2n) is 3.58. The summed E-state index contributed by atoms with van der Waals surface area (Å²) in [5, 5.41) is 10.5. The Hall–Kier alpha value is -0.200. The van der Waals surface area contributed by atoms with Crippen molar-refractivity contribution < 1.29 is 0 Å². The summed E-state index contributed by atoms with van der Waals surface area (Å²) in [4.78, 5) is 0. The molecule has 14 heavy (non-hydrogen) atoms. The minimum atomic E-state index is -0.519. The first-order chi connectivity index (χ1) is 6.49. The van der Waals surface area contributed by atoms with Crippen molar-refractivity contribution in [3.63, 3.8) is 0 Å². The maximum absolute atomic E-state index is 6.13. The van der Waals surface area contributed by atoms with Crippen LogP contribution in [0.3, 0.4) is 0 Å². The van der Waals surface area contributed by atoms with Gasteiger partial charge in [0.1, 0.15) is 5.79 Å². The maximum atomic E-state index is 6.13. The molecule has 0 aliphatic carbocycles. The van der Waals surface area contributed by atoms with Crippen LogP contribution in [0.4, 0.5) is 0 Å². The van der Waals surface area contributed by atoms with Gasteiger partial charge in [0.2, 0.25) is 0 Å². The topological polar surface area (TPSA) is 56.6 Å². The fraction of sp³-hybridized carbons (Fsp3) is 1.00. The Morgan fingerprint density at radius 3 is 2.14 bits per heavy atom. The second-order valence-corrected chi connectivity index (χ2v) is 3.58. The van der Waals surface area contributed by atoms with Crippen LogP contribution in [0.2, 0.25) is 0 Å². The Balaban J connectivity index is 4.26. The Morgan fingerprint density at radius 1 is 1.29 bits per heavy atom. The van der Waals surface area contributed by atoms with E-state index in [-0.39, 0.29) is 0 Å². The van der Waals surface area contributed by atoms with E-state index in [1.165, 1.54) is 0 Å². The molecule has 1 atom stereocenters. The van der Waals surface area contributed by atoms with E-state index in [0.29, 0.717) is 0 Å². The van der Waals surface area contributed by atoms with E-state index < -0.39 is 5.79 Å². The van der Waals surface area contributed by atoms with E-state index in [9.17, 15) is 0 Å². The van der Waals surface area contributed by atoms with E-state index >= 15 is 0 Å². The van der Waals surface area contributed by atoms with E-state index in [0.717, 1.165) is 19.6 Å². The smallest absolute Gasteiger partial charge is 0.135 e. The highest BCUT2D eigenvalue weighted by molar-refractivity contribution is 4.79. The first-order valence-electron chi connectivity index (χ1n) is 5.14. The van der Waals surface area contributed by atoms with Crippen molar-refractivity contribution in [2.75, 3.05) is 40.8 Å². The van der Waals surface area contributed by atoms with E-state index in [1.807, 2.05) is 28.1 Å². The van der Waals surface area contributed by atoms with Crippen molar-refractivity contribution in [1.82, 2.24) is 20.7 Å².